The lowest BCUT2D eigenvalue weighted by molar-refractivity contribution is 0.269. The molecule has 0 bridgehead atoms. The highest BCUT2D eigenvalue weighted by Crippen LogP contribution is 2.29. The minimum absolute atomic E-state index is 0.463. The van der Waals surface area contributed by atoms with E-state index in [2.05, 4.69) is 25.2 Å². The molecule has 0 saturated heterocycles. The SMILES string of the molecule is CCOc1cc(CNC(C)CC)ccc1OCc1cccc(Cl)c1. The summed E-state index contributed by atoms with van der Waals surface area (Å²) >= 11 is 6.01. The van der Waals surface area contributed by atoms with Crippen LogP contribution in [0.25, 0.3) is 0 Å². The van der Waals surface area contributed by atoms with Crippen LogP contribution in [0.15, 0.2) is 42.5 Å². The summed E-state index contributed by atoms with van der Waals surface area (Å²) in [4.78, 5) is 0. The van der Waals surface area contributed by atoms with Gasteiger partial charge in [-0.05, 0) is 55.7 Å². The molecule has 2 aromatic rings. The van der Waals surface area contributed by atoms with Crippen molar-refractivity contribution in [3.8, 4) is 11.5 Å². The fraction of sp³-hybridized carbons (Fsp3) is 0.400. The van der Waals surface area contributed by atoms with Gasteiger partial charge in [-0.2, -0.15) is 0 Å². The van der Waals surface area contributed by atoms with Crippen LogP contribution in [0.3, 0.4) is 0 Å². The van der Waals surface area contributed by atoms with Crippen LogP contribution in [-0.2, 0) is 13.2 Å². The summed E-state index contributed by atoms with van der Waals surface area (Å²) in [6.07, 6.45) is 1.11. The van der Waals surface area contributed by atoms with E-state index >= 15 is 0 Å². The first kappa shape index (κ1) is 18.6. The van der Waals surface area contributed by atoms with Crippen molar-refractivity contribution in [3.63, 3.8) is 0 Å². The third kappa shape index (κ3) is 5.73. The van der Waals surface area contributed by atoms with E-state index in [0.29, 0.717) is 24.3 Å². The highest BCUT2D eigenvalue weighted by molar-refractivity contribution is 6.30. The van der Waals surface area contributed by atoms with Gasteiger partial charge in [0.2, 0.25) is 0 Å². The second-order valence-electron chi connectivity index (χ2n) is 5.82. The molecule has 1 atom stereocenters. The normalized spacial score (nSPS) is 12.0. The summed E-state index contributed by atoms with van der Waals surface area (Å²) in [5, 5.41) is 4.21. The van der Waals surface area contributed by atoms with Crippen molar-refractivity contribution >= 4 is 11.6 Å². The average molecular weight is 348 g/mol. The molecule has 0 fully saturated rings. The number of halogens is 1. The summed E-state index contributed by atoms with van der Waals surface area (Å²) in [5.74, 6) is 1.53. The van der Waals surface area contributed by atoms with Crippen molar-refractivity contribution in [1.29, 1.82) is 0 Å². The monoisotopic (exact) mass is 347 g/mol. The number of hydrogen-bond acceptors (Lipinski definition) is 3. The highest BCUT2D eigenvalue weighted by atomic mass is 35.5. The Hall–Kier alpha value is -1.71. The van der Waals surface area contributed by atoms with Gasteiger partial charge in [-0.15, -0.1) is 0 Å². The molecule has 2 aromatic carbocycles. The lowest BCUT2D eigenvalue weighted by atomic mass is 10.1. The van der Waals surface area contributed by atoms with Crippen molar-refractivity contribution in [1.82, 2.24) is 5.32 Å². The number of nitrogens with one attached hydrogen (secondary N) is 1. The second kappa shape index (κ2) is 9.55. The molecule has 0 amide bonds. The predicted molar refractivity (Wildman–Crippen MR) is 100.0 cm³/mol. The molecular formula is C20H26ClNO2. The van der Waals surface area contributed by atoms with Gasteiger partial charge in [-0.25, -0.2) is 0 Å². The fourth-order valence-corrected chi connectivity index (χ4v) is 2.49. The zero-order chi connectivity index (χ0) is 17.4. The van der Waals surface area contributed by atoms with Crippen LogP contribution in [0, 0.1) is 0 Å². The van der Waals surface area contributed by atoms with Gasteiger partial charge in [0.15, 0.2) is 11.5 Å². The quantitative estimate of drug-likeness (QED) is 0.675. The summed E-state index contributed by atoms with van der Waals surface area (Å²) in [6, 6.07) is 14.3. The van der Waals surface area contributed by atoms with Gasteiger partial charge in [0.1, 0.15) is 6.61 Å². The molecule has 2 rings (SSSR count). The topological polar surface area (TPSA) is 30.5 Å². The summed E-state index contributed by atoms with van der Waals surface area (Å²) in [5.41, 5.74) is 2.22. The minimum atomic E-state index is 0.463. The third-order valence-electron chi connectivity index (χ3n) is 3.86. The minimum Gasteiger partial charge on any atom is -0.490 e. The molecule has 3 nitrogen and oxygen atoms in total. The molecule has 4 heteroatoms. The molecule has 0 saturated carbocycles. The Balaban J connectivity index is 2.05. The molecule has 0 aromatic heterocycles. The second-order valence-corrected chi connectivity index (χ2v) is 6.26. The molecule has 0 heterocycles. The number of ether oxygens (including phenoxy) is 2. The first-order valence-electron chi connectivity index (χ1n) is 8.48. The van der Waals surface area contributed by atoms with E-state index in [1.165, 1.54) is 5.56 Å². The van der Waals surface area contributed by atoms with Gasteiger partial charge in [0.25, 0.3) is 0 Å². The van der Waals surface area contributed by atoms with Gasteiger partial charge in [0.05, 0.1) is 6.61 Å². The largest absolute Gasteiger partial charge is 0.490 e. The average Bonchev–Trinajstić information content (AvgIpc) is 2.59. The van der Waals surface area contributed by atoms with Crippen LogP contribution in [0.2, 0.25) is 5.02 Å². The van der Waals surface area contributed by atoms with Crippen LogP contribution in [0.1, 0.15) is 38.3 Å². The Morgan fingerprint density at radius 1 is 1.00 bits per heavy atom. The predicted octanol–water partition coefficient (Wildman–Crippen LogP) is 5.21. The van der Waals surface area contributed by atoms with Crippen LogP contribution < -0.4 is 14.8 Å². The van der Waals surface area contributed by atoms with Crippen molar-refractivity contribution in [3.05, 3.63) is 58.6 Å². The lowest BCUT2D eigenvalue weighted by Gasteiger charge is -2.15. The van der Waals surface area contributed by atoms with E-state index in [1.54, 1.807) is 0 Å². The molecule has 0 spiro atoms. The molecule has 0 aliphatic rings. The Labute approximate surface area is 149 Å². The first-order chi connectivity index (χ1) is 11.6. The maximum atomic E-state index is 6.01. The van der Waals surface area contributed by atoms with Crippen molar-refractivity contribution in [2.24, 2.45) is 0 Å². The Kier molecular flexibility index (Phi) is 7.41. The Morgan fingerprint density at radius 3 is 2.54 bits per heavy atom. The van der Waals surface area contributed by atoms with Crippen LogP contribution in [0.5, 0.6) is 11.5 Å². The molecule has 0 aliphatic heterocycles. The van der Waals surface area contributed by atoms with Crippen molar-refractivity contribution in [2.75, 3.05) is 6.61 Å². The molecular weight excluding hydrogens is 322 g/mol. The van der Waals surface area contributed by atoms with Gasteiger partial charge in [0, 0.05) is 17.6 Å². The van der Waals surface area contributed by atoms with E-state index in [1.807, 2.05) is 43.3 Å². The number of hydrogen-bond donors (Lipinski definition) is 1. The van der Waals surface area contributed by atoms with E-state index < -0.39 is 0 Å². The maximum absolute atomic E-state index is 6.01. The van der Waals surface area contributed by atoms with Gasteiger partial charge >= 0.3 is 0 Å². The Bertz CT molecular complexity index is 645. The highest BCUT2D eigenvalue weighted by Gasteiger charge is 2.08. The zero-order valence-corrected chi connectivity index (χ0v) is 15.4. The smallest absolute Gasteiger partial charge is 0.161 e. The molecule has 24 heavy (non-hydrogen) atoms. The first-order valence-corrected chi connectivity index (χ1v) is 8.86. The lowest BCUT2D eigenvalue weighted by Crippen LogP contribution is -2.24. The number of benzene rings is 2. The van der Waals surface area contributed by atoms with Gasteiger partial charge in [-0.3, -0.25) is 0 Å². The van der Waals surface area contributed by atoms with E-state index in [-0.39, 0.29) is 0 Å². The summed E-state index contributed by atoms with van der Waals surface area (Å²) in [6.45, 7) is 8.23. The fourth-order valence-electron chi connectivity index (χ4n) is 2.27. The van der Waals surface area contributed by atoms with E-state index in [0.717, 1.165) is 30.0 Å². The van der Waals surface area contributed by atoms with Crippen LogP contribution in [0.4, 0.5) is 0 Å². The molecule has 1 unspecified atom stereocenters. The summed E-state index contributed by atoms with van der Waals surface area (Å²) < 4.78 is 11.7. The van der Waals surface area contributed by atoms with E-state index in [9.17, 15) is 0 Å². The van der Waals surface area contributed by atoms with E-state index in [4.69, 9.17) is 21.1 Å². The number of rotatable bonds is 9. The van der Waals surface area contributed by atoms with Gasteiger partial charge < -0.3 is 14.8 Å². The third-order valence-corrected chi connectivity index (χ3v) is 4.09. The molecule has 0 aliphatic carbocycles. The zero-order valence-electron chi connectivity index (χ0n) is 14.6. The molecule has 1 N–H and O–H groups in total. The van der Waals surface area contributed by atoms with Crippen molar-refractivity contribution < 1.29 is 9.47 Å². The molecule has 130 valence electrons. The van der Waals surface area contributed by atoms with Crippen molar-refractivity contribution in [2.45, 2.75) is 46.4 Å². The standard InChI is InChI=1S/C20H26ClNO2/c1-4-15(3)22-13-16-9-10-19(20(12-16)23-5-2)24-14-17-7-6-8-18(21)11-17/h6-12,15,22H,4-5,13-14H2,1-3H3. The van der Waals surface area contributed by atoms with Gasteiger partial charge in [-0.1, -0.05) is 36.7 Å². The Morgan fingerprint density at radius 2 is 1.83 bits per heavy atom. The summed E-state index contributed by atoms with van der Waals surface area (Å²) in [7, 11) is 0. The maximum Gasteiger partial charge on any atom is 0.161 e. The molecule has 0 radical (unpaired) electrons. The van der Waals surface area contributed by atoms with Crippen LogP contribution >= 0.6 is 11.6 Å². The van der Waals surface area contributed by atoms with Crippen LogP contribution in [-0.4, -0.2) is 12.6 Å².